The molecule has 2 N–H and O–H groups in total. The molecule has 1 aliphatic heterocycles. The second kappa shape index (κ2) is 5.99. The Bertz CT molecular complexity index is 1350. The standard InChI is InChI=1S/C19H18N4O5/c1-21-17-11(13-6-10-4-2-3-5-12(10)23(13)19(21)27)8-22(18(26)20-17)16-7-14(25)15(9-24)28-16/h2-6,8,14-16,24-25H,7,9H2,1H3/t14-,15+,16+/m0/s1. The molecule has 0 aliphatic carbocycles. The van der Waals surface area contributed by atoms with E-state index in [9.17, 15) is 19.8 Å². The van der Waals surface area contributed by atoms with E-state index in [1.807, 2.05) is 30.3 Å². The Morgan fingerprint density at radius 1 is 1.25 bits per heavy atom. The van der Waals surface area contributed by atoms with Crippen LogP contribution in [0.5, 0.6) is 0 Å². The zero-order valence-corrected chi connectivity index (χ0v) is 15.0. The Morgan fingerprint density at radius 2 is 2.04 bits per heavy atom. The van der Waals surface area contributed by atoms with Crippen LogP contribution in [0.4, 0.5) is 0 Å². The van der Waals surface area contributed by atoms with Crippen LogP contribution in [0.15, 0.2) is 46.1 Å². The lowest BCUT2D eigenvalue weighted by Crippen LogP contribution is -2.31. The summed E-state index contributed by atoms with van der Waals surface area (Å²) >= 11 is 0. The molecule has 4 aromatic rings. The van der Waals surface area contributed by atoms with Gasteiger partial charge < -0.3 is 14.9 Å². The summed E-state index contributed by atoms with van der Waals surface area (Å²) in [7, 11) is 1.58. The fourth-order valence-electron chi connectivity index (χ4n) is 3.95. The summed E-state index contributed by atoms with van der Waals surface area (Å²) < 4.78 is 9.86. The minimum atomic E-state index is -0.867. The molecule has 3 atom stereocenters. The van der Waals surface area contributed by atoms with Gasteiger partial charge in [0, 0.05) is 25.1 Å². The molecular weight excluding hydrogens is 364 g/mol. The van der Waals surface area contributed by atoms with Gasteiger partial charge in [0.05, 0.1) is 29.1 Å². The molecule has 28 heavy (non-hydrogen) atoms. The first kappa shape index (κ1) is 17.1. The molecule has 0 spiro atoms. The van der Waals surface area contributed by atoms with Crippen LogP contribution in [0, 0.1) is 0 Å². The maximum Gasteiger partial charge on any atom is 0.351 e. The molecule has 0 amide bonds. The number of aromatic nitrogens is 4. The van der Waals surface area contributed by atoms with E-state index in [1.165, 1.54) is 9.13 Å². The first-order chi connectivity index (χ1) is 13.5. The molecule has 0 unspecified atom stereocenters. The van der Waals surface area contributed by atoms with Crippen LogP contribution in [0.25, 0.3) is 27.5 Å². The second-order valence-corrected chi connectivity index (χ2v) is 7.05. The van der Waals surface area contributed by atoms with Crippen molar-refractivity contribution in [2.24, 2.45) is 7.05 Å². The zero-order chi connectivity index (χ0) is 19.6. The Morgan fingerprint density at radius 3 is 2.79 bits per heavy atom. The summed E-state index contributed by atoms with van der Waals surface area (Å²) in [6.45, 7) is -0.337. The smallest absolute Gasteiger partial charge is 0.351 e. The van der Waals surface area contributed by atoms with Crippen molar-refractivity contribution in [3.63, 3.8) is 0 Å². The van der Waals surface area contributed by atoms with Crippen molar-refractivity contribution >= 4 is 27.5 Å². The van der Waals surface area contributed by atoms with E-state index in [4.69, 9.17) is 4.74 Å². The molecule has 0 bridgehead atoms. The number of ether oxygens (including phenoxy) is 1. The van der Waals surface area contributed by atoms with Gasteiger partial charge in [-0.15, -0.1) is 0 Å². The van der Waals surface area contributed by atoms with Gasteiger partial charge in [0.1, 0.15) is 12.3 Å². The highest BCUT2D eigenvalue weighted by Crippen LogP contribution is 2.29. The lowest BCUT2D eigenvalue weighted by atomic mass is 10.2. The van der Waals surface area contributed by atoms with Crippen molar-refractivity contribution in [3.05, 3.63) is 57.5 Å². The highest BCUT2D eigenvalue weighted by molar-refractivity contribution is 5.99. The van der Waals surface area contributed by atoms with Crippen LogP contribution < -0.4 is 11.4 Å². The lowest BCUT2D eigenvalue weighted by molar-refractivity contribution is -0.0457. The monoisotopic (exact) mass is 382 g/mol. The van der Waals surface area contributed by atoms with E-state index in [2.05, 4.69) is 4.98 Å². The molecule has 0 saturated carbocycles. The summed E-state index contributed by atoms with van der Waals surface area (Å²) in [6.07, 6.45) is -0.575. The van der Waals surface area contributed by atoms with Crippen molar-refractivity contribution in [1.82, 2.24) is 18.5 Å². The first-order valence-electron chi connectivity index (χ1n) is 8.96. The van der Waals surface area contributed by atoms with Crippen molar-refractivity contribution < 1.29 is 14.9 Å². The third kappa shape index (κ3) is 2.27. The van der Waals surface area contributed by atoms with Crippen LogP contribution >= 0.6 is 0 Å². The Labute approximate surface area is 157 Å². The van der Waals surface area contributed by atoms with Crippen molar-refractivity contribution in [2.45, 2.75) is 24.9 Å². The van der Waals surface area contributed by atoms with Gasteiger partial charge in [0.2, 0.25) is 0 Å². The predicted octanol–water partition coefficient (Wildman–Crippen LogP) is 0.142. The van der Waals surface area contributed by atoms with Gasteiger partial charge in [-0.3, -0.25) is 13.5 Å². The number of fused-ring (bicyclic) bond motifs is 5. The molecule has 1 aromatic carbocycles. The van der Waals surface area contributed by atoms with E-state index in [0.717, 1.165) is 10.9 Å². The van der Waals surface area contributed by atoms with Crippen molar-refractivity contribution in [3.8, 4) is 0 Å². The van der Waals surface area contributed by atoms with E-state index in [0.29, 0.717) is 10.9 Å². The molecule has 4 heterocycles. The zero-order valence-electron chi connectivity index (χ0n) is 15.0. The minimum Gasteiger partial charge on any atom is -0.394 e. The Balaban J connectivity index is 1.83. The van der Waals surface area contributed by atoms with Crippen molar-refractivity contribution in [1.29, 1.82) is 0 Å². The molecule has 0 radical (unpaired) electrons. The number of aliphatic hydroxyl groups is 2. The van der Waals surface area contributed by atoms with E-state index >= 15 is 0 Å². The van der Waals surface area contributed by atoms with Gasteiger partial charge >= 0.3 is 11.4 Å². The van der Waals surface area contributed by atoms with Gasteiger partial charge in [-0.25, -0.2) is 9.59 Å². The second-order valence-electron chi connectivity index (χ2n) is 7.05. The van der Waals surface area contributed by atoms with Crippen LogP contribution in [-0.4, -0.2) is 47.5 Å². The highest BCUT2D eigenvalue weighted by Gasteiger charge is 2.35. The quantitative estimate of drug-likeness (QED) is 0.510. The molecule has 9 nitrogen and oxygen atoms in total. The Kier molecular flexibility index (Phi) is 3.66. The van der Waals surface area contributed by atoms with E-state index in [-0.39, 0.29) is 24.4 Å². The number of aryl methyl sites for hydroxylation is 1. The van der Waals surface area contributed by atoms with E-state index < -0.39 is 24.1 Å². The van der Waals surface area contributed by atoms with Crippen LogP contribution in [-0.2, 0) is 11.8 Å². The first-order valence-corrected chi connectivity index (χ1v) is 8.96. The summed E-state index contributed by atoms with van der Waals surface area (Å²) in [5.74, 6) is 0. The highest BCUT2D eigenvalue weighted by atomic mass is 16.5. The van der Waals surface area contributed by atoms with Crippen LogP contribution in [0.1, 0.15) is 12.6 Å². The van der Waals surface area contributed by atoms with Gasteiger partial charge in [-0.05, 0) is 12.1 Å². The molecule has 144 valence electrons. The third-order valence-electron chi connectivity index (χ3n) is 5.41. The van der Waals surface area contributed by atoms with Gasteiger partial charge in [0.25, 0.3) is 0 Å². The van der Waals surface area contributed by atoms with Gasteiger partial charge in [-0.2, -0.15) is 4.98 Å². The number of nitrogens with zero attached hydrogens (tertiary/aromatic N) is 4. The number of aliphatic hydroxyl groups excluding tert-OH is 2. The van der Waals surface area contributed by atoms with Crippen LogP contribution in [0.3, 0.4) is 0 Å². The normalized spacial score (nSPS) is 22.6. The number of hydrogen-bond acceptors (Lipinski definition) is 6. The fourth-order valence-corrected chi connectivity index (χ4v) is 3.95. The van der Waals surface area contributed by atoms with E-state index in [1.54, 1.807) is 17.6 Å². The largest absolute Gasteiger partial charge is 0.394 e. The minimum absolute atomic E-state index is 0.170. The average molecular weight is 382 g/mol. The molecule has 1 fully saturated rings. The number of para-hydroxylation sites is 1. The SMILES string of the molecule is Cn1c(=O)n2c3ccccc3cc2c2cn([C@H]3C[C@H](O)[C@@H](CO)O3)c(=O)nc21. The number of rotatable bonds is 2. The maximum absolute atomic E-state index is 12.9. The summed E-state index contributed by atoms with van der Waals surface area (Å²) in [5.41, 5.74) is 0.808. The maximum atomic E-state index is 12.9. The molecule has 1 saturated heterocycles. The van der Waals surface area contributed by atoms with Crippen LogP contribution in [0.2, 0.25) is 0 Å². The average Bonchev–Trinajstić information content (AvgIpc) is 3.26. The topological polar surface area (TPSA) is 111 Å². The number of hydrogen-bond donors (Lipinski definition) is 2. The molecule has 3 aromatic heterocycles. The predicted molar refractivity (Wildman–Crippen MR) is 101 cm³/mol. The summed E-state index contributed by atoms with van der Waals surface area (Å²) in [5, 5.41) is 20.8. The van der Waals surface area contributed by atoms with Crippen molar-refractivity contribution in [2.75, 3.05) is 6.61 Å². The number of benzene rings is 1. The molecule has 1 aliphatic rings. The Hall–Kier alpha value is -3.01. The third-order valence-corrected chi connectivity index (χ3v) is 5.41. The van der Waals surface area contributed by atoms with Gasteiger partial charge in [-0.1, -0.05) is 18.2 Å². The summed E-state index contributed by atoms with van der Waals surface area (Å²) in [6, 6.07) is 9.42. The molecule has 5 rings (SSSR count). The fraction of sp³-hybridized carbons (Fsp3) is 0.316. The van der Waals surface area contributed by atoms with Gasteiger partial charge in [0.15, 0.2) is 5.65 Å². The molecular formula is C19H18N4O5. The summed E-state index contributed by atoms with van der Waals surface area (Å²) in [4.78, 5) is 29.6. The molecule has 9 heteroatoms. The lowest BCUT2D eigenvalue weighted by Gasteiger charge is -2.16.